The summed E-state index contributed by atoms with van der Waals surface area (Å²) in [5.41, 5.74) is 0.829. The largest absolute Gasteiger partial charge is 0.392 e. The van der Waals surface area contributed by atoms with Gasteiger partial charge in [0.05, 0.1) is 6.10 Å². The number of aliphatic hydroxyl groups is 1. The summed E-state index contributed by atoms with van der Waals surface area (Å²) in [5.74, 6) is -0.382. The van der Waals surface area contributed by atoms with E-state index in [9.17, 15) is 9.59 Å². The third-order valence-corrected chi connectivity index (χ3v) is 2.43. The molecule has 2 heterocycles. The SMILES string of the molecule is Cc1cc(=O)n2[nH]cc(C(=O)NCC(C)O)c2n1. The molecule has 2 rings (SSSR count). The highest BCUT2D eigenvalue weighted by molar-refractivity contribution is 5.99. The fraction of sp³-hybridized carbons (Fsp3) is 0.364. The first-order chi connectivity index (χ1) is 8.49. The highest BCUT2D eigenvalue weighted by atomic mass is 16.3. The number of hydrogen-bond acceptors (Lipinski definition) is 4. The number of H-pyrrole nitrogens is 1. The van der Waals surface area contributed by atoms with Crippen molar-refractivity contribution in [3.8, 4) is 0 Å². The maximum Gasteiger partial charge on any atom is 0.272 e. The first-order valence-electron chi connectivity index (χ1n) is 5.53. The number of amides is 1. The van der Waals surface area contributed by atoms with Gasteiger partial charge in [-0.3, -0.25) is 14.7 Å². The van der Waals surface area contributed by atoms with Crippen LogP contribution in [0, 0.1) is 6.92 Å². The standard InChI is InChI=1S/C11H14N4O3/c1-6-3-9(17)15-10(14-6)8(5-13-15)11(18)12-4-7(2)16/h3,5,7,13,16H,4H2,1-2H3,(H,12,18). The van der Waals surface area contributed by atoms with Gasteiger partial charge in [-0.25, -0.2) is 9.50 Å². The average Bonchev–Trinajstić information content (AvgIpc) is 2.69. The van der Waals surface area contributed by atoms with Crippen molar-refractivity contribution in [1.29, 1.82) is 0 Å². The summed E-state index contributed by atoms with van der Waals surface area (Å²) in [6.45, 7) is 3.40. The Morgan fingerprint density at radius 3 is 3.06 bits per heavy atom. The third-order valence-electron chi connectivity index (χ3n) is 2.43. The van der Waals surface area contributed by atoms with Crippen LogP contribution >= 0.6 is 0 Å². The molecule has 2 aromatic heterocycles. The normalized spacial score (nSPS) is 12.6. The van der Waals surface area contributed by atoms with Crippen molar-refractivity contribution in [2.75, 3.05) is 6.54 Å². The van der Waals surface area contributed by atoms with Crippen molar-refractivity contribution in [1.82, 2.24) is 19.9 Å². The van der Waals surface area contributed by atoms with Crippen molar-refractivity contribution >= 4 is 11.6 Å². The third kappa shape index (κ3) is 2.25. The lowest BCUT2D eigenvalue weighted by atomic mass is 10.3. The van der Waals surface area contributed by atoms with Crippen LogP contribution in [0.15, 0.2) is 17.1 Å². The molecule has 7 nitrogen and oxygen atoms in total. The summed E-state index contributed by atoms with van der Waals surface area (Å²) in [6, 6.07) is 1.38. The molecule has 0 aliphatic heterocycles. The number of nitrogens with zero attached hydrogens (tertiary/aromatic N) is 2. The van der Waals surface area contributed by atoms with Crippen molar-refractivity contribution in [2.45, 2.75) is 20.0 Å². The number of nitrogens with one attached hydrogen (secondary N) is 2. The van der Waals surface area contributed by atoms with Gasteiger partial charge in [0.25, 0.3) is 11.5 Å². The molecule has 18 heavy (non-hydrogen) atoms. The van der Waals surface area contributed by atoms with Crippen LogP contribution in [0.3, 0.4) is 0 Å². The lowest BCUT2D eigenvalue weighted by molar-refractivity contribution is 0.0925. The summed E-state index contributed by atoms with van der Waals surface area (Å²) in [7, 11) is 0. The summed E-state index contributed by atoms with van der Waals surface area (Å²) in [5, 5.41) is 14.3. The second kappa shape index (κ2) is 4.61. The number of aromatic nitrogens is 3. The van der Waals surface area contributed by atoms with Gasteiger partial charge in [-0.2, -0.15) is 0 Å². The molecule has 0 aliphatic rings. The Labute approximate surface area is 102 Å². The quantitative estimate of drug-likeness (QED) is 0.680. The topological polar surface area (TPSA) is 99.5 Å². The zero-order valence-electron chi connectivity index (χ0n) is 10.1. The highest BCUT2D eigenvalue weighted by Crippen LogP contribution is 2.06. The smallest absolute Gasteiger partial charge is 0.272 e. The van der Waals surface area contributed by atoms with Crippen LogP contribution in [-0.2, 0) is 0 Å². The average molecular weight is 250 g/mol. The summed E-state index contributed by atoms with van der Waals surface area (Å²) < 4.78 is 1.20. The van der Waals surface area contributed by atoms with E-state index in [1.807, 2.05) is 0 Å². The second-order valence-electron chi connectivity index (χ2n) is 4.14. The number of carbonyl (C=O) groups excluding carboxylic acids is 1. The molecule has 0 radical (unpaired) electrons. The number of fused-ring (bicyclic) bond motifs is 1. The van der Waals surface area contributed by atoms with Crippen LogP contribution in [0.2, 0.25) is 0 Å². The predicted molar refractivity (Wildman–Crippen MR) is 64.6 cm³/mol. The fourth-order valence-corrected chi connectivity index (χ4v) is 1.60. The highest BCUT2D eigenvalue weighted by Gasteiger charge is 2.14. The lowest BCUT2D eigenvalue weighted by Crippen LogP contribution is -2.30. The molecule has 1 atom stereocenters. The number of aromatic amines is 1. The van der Waals surface area contributed by atoms with Crippen LogP contribution in [0.5, 0.6) is 0 Å². The molecule has 7 heteroatoms. The Morgan fingerprint density at radius 1 is 1.67 bits per heavy atom. The minimum absolute atomic E-state index is 0.145. The van der Waals surface area contributed by atoms with Gasteiger partial charge in [0.2, 0.25) is 0 Å². The van der Waals surface area contributed by atoms with Gasteiger partial charge < -0.3 is 10.4 Å². The molecule has 3 N–H and O–H groups in total. The van der Waals surface area contributed by atoms with E-state index in [0.29, 0.717) is 5.69 Å². The molecule has 0 aromatic carbocycles. The van der Waals surface area contributed by atoms with E-state index in [1.54, 1.807) is 13.8 Å². The summed E-state index contributed by atoms with van der Waals surface area (Å²) in [4.78, 5) is 27.6. The molecule has 2 aromatic rings. The second-order valence-corrected chi connectivity index (χ2v) is 4.14. The minimum Gasteiger partial charge on any atom is -0.392 e. The van der Waals surface area contributed by atoms with Gasteiger partial charge in [0.1, 0.15) is 5.56 Å². The molecule has 0 fully saturated rings. The van der Waals surface area contributed by atoms with Crippen molar-refractivity contribution in [2.24, 2.45) is 0 Å². The fourth-order valence-electron chi connectivity index (χ4n) is 1.60. The molecule has 96 valence electrons. The Kier molecular flexibility index (Phi) is 3.15. The van der Waals surface area contributed by atoms with Crippen LogP contribution < -0.4 is 10.9 Å². The molecular weight excluding hydrogens is 236 g/mol. The number of rotatable bonds is 3. The van der Waals surface area contributed by atoms with Crippen LogP contribution in [0.1, 0.15) is 23.0 Å². The van der Waals surface area contributed by atoms with E-state index >= 15 is 0 Å². The number of carbonyl (C=O) groups is 1. The van der Waals surface area contributed by atoms with Crippen LogP contribution in [-0.4, -0.2) is 38.3 Å². The first kappa shape index (κ1) is 12.3. The lowest BCUT2D eigenvalue weighted by Gasteiger charge is -2.05. The molecular formula is C11H14N4O3. The molecule has 0 aliphatic carbocycles. The Morgan fingerprint density at radius 2 is 2.39 bits per heavy atom. The van der Waals surface area contributed by atoms with Crippen molar-refractivity contribution in [3.05, 3.63) is 33.9 Å². The van der Waals surface area contributed by atoms with Gasteiger partial charge in [-0.1, -0.05) is 0 Å². The maximum absolute atomic E-state index is 11.8. The maximum atomic E-state index is 11.8. The van der Waals surface area contributed by atoms with Crippen molar-refractivity contribution in [3.63, 3.8) is 0 Å². The zero-order chi connectivity index (χ0) is 13.3. The predicted octanol–water partition coefficient (Wildman–Crippen LogP) is -0.558. The first-order valence-corrected chi connectivity index (χ1v) is 5.53. The van der Waals surface area contributed by atoms with Gasteiger partial charge in [0.15, 0.2) is 5.65 Å². The van der Waals surface area contributed by atoms with Gasteiger partial charge in [-0.05, 0) is 13.8 Å². The number of aryl methyl sites for hydroxylation is 1. The molecule has 0 saturated heterocycles. The van der Waals surface area contributed by atoms with Crippen molar-refractivity contribution < 1.29 is 9.90 Å². The van der Waals surface area contributed by atoms with Crippen LogP contribution in [0.4, 0.5) is 0 Å². The van der Waals surface area contributed by atoms with E-state index < -0.39 is 6.10 Å². The molecule has 1 unspecified atom stereocenters. The van der Waals surface area contributed by atoms with Gasteiger partial charge >= 0.3 is 0 Å². The summed E-state index contributed by atoms with van der Waals surface area (Å²) >= 11 is 0. The Bertz CT molecular complexity index is 641. The number of hydrogen-bond donors (Lipinski definition) is 3. The Balaban J connectivity index is 2.40. The van der Waals surface area contributed by atoms with Crippen LogP contribution in [0.25, 0.3) is 5.65 Å². The zero-order valence-corrected chi connectivity index (χ0v) is 10.1. The summed E-state index contributed by atoms with van der Waals surface area (Å²) in [6.07, 6.45) is 0.789. The van der Waals surface area contributed by atoms with Gasteiger partial charge in [0, 0.05) is 24.5 Å². The number of aliphatic hydroxyl groups excluding tert-OH is 1. The van der Waals surface area contributed by atoms with E-state index in [4.69, 9.17) is 5.11 Å². The van der Waals surface area contributed by atoms with E-state index in [-0.39, 0.29) is 29.2 Å². The molecule has 0 saturated carbocycles. The van der Waals surface area contributed by atoms with Gasteiger partial charge in [-0.15, -0.1) is 0 Å². The Hall–Kier alpha value is -2.15. The molecule has 1 amide bonds. The van der Waals surface area contributed by atoms with E-state index in [0.717, 1.165) is 0 Å². The monoisotopic (exact) mass is 250 g/mol. The minimum atomic E-state index is -0.628. The van der Waals surface area contributed by atoms with E-state index in [2.05, 4.69) is 15.4 Å². The van der Waals surface area contributed by atoms with E-state index in [1.165, 1.54) is 16.8 Å². The molecule has 0 bridgehead atoms. The molecule has 0 spiro atoms.